The number of nitrogens with one attached hydrogen (secondary N) is 2. The summed E-state index contributed by atoms with van der Waals surface area (Å²) in [5.41, 5.74) is 1.83. The molecule has 2 rings (SSSR count). The van der Waals surface area contributed by atoms with Crippen molar-refractivity contribution < 1.29 is 5.11 Å². The van der Waals surface area contributed by atoms with E-state index in [0.717, 1.165) is 5.56 Å². The smallest absolute Gasteiger partial charge is 0.255 e. The molecule has 0 spiro atoms. The van der Waals surface area contributed by atoms with E-state index in [1.165, 1.54) is 0 Å². The molecule has 0 unspecified atom stereocenters. The van der Waals surface area contributed by atoms with Gasteiger partial charge in [-0.1, -0.05) is 30.3 Å². The topological polar surface area (TPSA) is 68.9 Å². The van der Waals surface area contributed by atoms with Gasteiger partial charge in [-0.25, -0.2) is 0 Å². The van der Waals surface area contributed by atoms with Crippen molar-refractivity contribution in [3.8, 4) is 11.3 Å². The Morgan fingerprint density at radius 1 is 1.18 bits per heavy atom. The maximum Gasteiger partial charge on any atom is 0.255 e. The van der Waals surface area contributed by atoms with Gasteiger partial charge in [0, 0.05) is 18.6 Å². The lowest BCUT2D eigenvalue weighted by Gasteiger charge is -2.07. The Bertz CT molecular complexity index is 616. The summed E-state index contributed by atoms with van der Waals surface area (Å²) < 4.78 is 0.288. The van der Waals surface area contributed by atoms with Crippen LogP contribution in [0.2, 0.25) is 0 Å². The van der Waals surface area contributed by atoms with Crippen molar-refractivity contribution in [2.45, 2.75) is 6.42 Å². The first-order chi connectivity index (χ1) is 8.22. The van der Waals surface area contributed by atoms with Crippen molar-refractivity contribution in [1.29, 1.82) is 0 Å². The maximum absolute atomic E-state index is 11.8. The third-order valence-corrected chi connectivity index (χ3v) is 2.67. The number of hydrogen-bond acceptors (Lipinski definition) is 3. The van der Waals surface area contributed by atoms with E-state index in [0.29, 0.717) is 17.7 Å². The Kier molecular flexibility index (Phi) is 3.51. The molecule has 0 aliphatic rings. The molecule has 0 aliphatic carbocycles. The molecule has 0 saturated heterocycles. The summed E-state index contributed by atoms with van der Waals surface area (Å²) in [6, 6.07) is 9.45. The summed E-state index contributed by atoms with van der Waals surface area (Å²) in [5.74, 6) is 0. The molecule has 88 valence electrons. The highest BCUT2D eigenvalue weighted by atomic mass is 32.1. The maximum atomic E-state index is 11.8. The highest BCUT2D eigenvalue weighted by Gasteiger charge is 2.09. The molecule has 3 N–H and O–H groups in total. The van der Waals surface area contributed by atoms with Crippen molar-refractivity contribution in [3.05, 3.63) is 51.0 Å². The fourth-order valence-corrected chi connectivity index (χ4v) is 1.91. The first-order valence-corrected chi connectivity index (χ1v) is 5.65. The van der Waals surface area contributed by atoms with Gasteiger partial charge in [0.2, 0.25) is 0 Å². The number of benzene rings is 1. The van der Waals surface area contributed by atoms with Crippen LogP contribution >= 0.6 is 12.2 Å². The molecule has 2 aromatic rings. The van der Waals surface area contributed by atoms with Crippen LogP contribution in [0.5, 0.6) is 0 Å². The minimum atomic E-state index is -0.248. The van der Waals surface area contributed by atoms with E-state index in [4.69, 9.17) is 17.3 Å². The first-order valence-electron chi connectivity index (χ1n) is 5.24. The van der Waals surface area contributed by atoms with Crippen molar-refractivity contribution in [2.75, 3.05) is 6.61 Å². The summed E-state index contributed by atoms with van der Waals surface area (Å²) in [6.45, 7) is -0.0759. The molecule has 1 aromatic carbocycles. The molecular formula is C12H12N2O2S. The van der Waals surface area contributed by atoms with E-state index in [9.17, 15) is 4.79 Å². The molecular weight excluding hydrogens is 236 g/mol. The lowest BCUT2D eigenvalue weighted by Crippen LogP contribution is -2.17. The number of aromatic amines is 2. The Morgan fingerprint density at radius 3 is 2.53 bits per heavy atom. The number of H-pyrrole nitrogens is 2. The molecule has 0 radical (unpaired) electrons. The van der Waals surface area contributed by atoms with E-state index in [1.807, 2.05) is 30.3 Å². The summed E-state index contributed by atoms with van der Waals surface area (Å²) in [6.07, 6.45) is 0.297. The Balaban J connectivity index is 2.67. The zero-order valence-corrected chi connectivity index (χ0v) is 9.88. The lowest BCUT2D eigenvalue weighted by atomic mass is 10.1. The second-order valence-corrected chi connectivity index (χ2v) is 4.01. The minimum absolute atomic E-state index is 0.0759. The molecule has 5 heteroatoms. The van der Waals surface area contributed by atoms with Crippen LogP contribution in [0.1, 0.15) is 5.56 Å². The fourth-order valence-electron chi connectivity index (χ4n) is 1.71. The Labute approximate surface area is 103 Å². The van der Waals surface area contributed by atoms with Gasteiger partial charge in [-0.05, 0) is 17.8 Å². The van der Waals surface area contributed by atoms with Crippen LogP contribution in [-0.4, -0.2) is 21.7 Å². The number of aliphatic hydroxyl groups is 1. The first kappa shape index (κ1) is 11.8. The predicted octanol–water partition coefficient (Wildman–Crippen LogP) is 1.63. The van der Waals surface area contributed by atoms with Gasteiger partial charge >= 0.3 is 0 Å². The second-order valence-electron chi connectivity index (χ2n) is 3.60. The van der Waals surface area contributed by atoms with Gasteiger partial charge in [0.1, 0.15) is 0 Å². The minimum Gasteiger partial charge on any atom is -0.396 e. The van der Waals surface area contributed by atoms with Crippen LogP contribution in [0, 0.1) is 4.77 Å². The number of hydrogen-bond donors (Lipinski definition) is 3. The Hall–Kier alpha value is -1.72. The van der Waals surface area contributed by atoms with E-state index >= 15 is 0 Å². The monoisotopic (exact) mass is 248 g/mol. The van der Waals surface area contributed by atoms with E-state index in [2.05, 4.69) is 9.97 Å². The van der Waals surface area contributed by atoms with Crippen LogP contribution in [0.3, 0.4) is 0 Å². The van der Waals surface area contributed by atoms with Gasteiger partial charge in [0.25, 0.3) is 5.56 Å². The van der Waals surface area contributed by atoms with Gasteiger partial charge in [0.15, 0.2) is 4.77 Å². The molecule has 0 fully saturated rings. The van der Waals surface area contributed by atoms with Gasteiger partial charge in [-0.3, -0.25) is 9.78 Å². The molecule has 0 amide bonds. The summed E-state index contributed by atoms with van der Waals surface area (Å²) in [5, 5.41) is 8.99. The van der Waals surface area contributed by atoms with Crippen molar-refractivity contribution >= 4 is 12.2 Å². The normalized spacial score (nSPS) is 10.4. The molecule has 17 heavy (non-hydrogen) atoms. The largest absolute Gasteiger partial charge is 0.396 e. The second kappa shape index (κ2) is 5.07. The zero-order chi connectivity index (χ0) is 12.3. The van der Waals surface area contributed by atoms with Gasteiger partial charge in [-0.15, -0.1) is 0 Å². The standard InChI is InChI=1S/C12H12N2O2S/c15-7-6-9-10(8-4-2-1-3-5-8)13-12(17)14-11(9)16/h1-5,15H,6-7H2,(H2,13,14,16,17). The SMILES string of the molecule is O=c1[nH]c(=S)[nH]c(-c2ccccc2)c1CCO. The quantitative estimate of drug-likeness (QED) is 0.723. The number of aromatic nitrogens is 2. The molecule has 1 aromatic heterocycles. The van der Waals surface area contributed by atoms with Crippen LogP contribution < -0.4 is 5.56 Å². The Morgan fingerprint density at radius 2 is 1.88 bits per heavy atom. The third-order valence-electron chi connectivity index (χ3n) is 2.47. The average Bonchev–Trinajstić information content (AvgIpc) is 2.33. The van der Waals surface area contributed by atoms with Gasteiger partial charge in [-0.2, -0.15) is 0 Å². The summed E-state index contributed by atoms with van der Waals surface area (Å²) in [4.78, 5) is 17.3. The number of rotatable bonds is 3. The van der Waals surface area contributed by atoms with E-state index in [1.54, 1.807) is 0 Å². The third kappa shape index (κ3) is 2.51. The van der Waals surface area contributed by atoms with Crippen molar-refractivity contribution in [1.82, 2.24) is 9.97 Å². The lowest BCUT2D eigenvalue weighted by molar-refractivity contribution is 0.299. The highest BCUT2D eigenvalue weighted by molar-refractivity contribution is 7.71. The number of aliphatic hydroxyl groups excluding tert-OH is 1. The average molecular weight is 248 g/mol. The van der Waals surface area contributed by atoms with Crippen LogP contribution in [0.25, 0.3) is 11.3 Å². The van der Waals surface area contributed by atoms with E-state index < -0.39 is 0 Å². The summed E-state index contributed by atoms with van der Waals surface area (Å²) in [7, 11) is 0. The van der Waals surface area contributed by atoms with Crippen LogP contribution in [-0.2, 0) is 6.42 Å². The highest BCUT2D eigenvalue weighted by Crippen LogP contribution is 2.18. The fraction of sp³-hybridized carbons (Fsp3) is 0.167. The van der Waals surface area contributed by atoms with Crippen LogP contribution in [0.15, 0.2) is 35.1 Å². The molecule has 0 bridgehead atoms. The van der Waals surface area contributed by atoms with Crippen molar-refractivity contribution in [2.24, 2.45) is 0 Å². The molecule has 0 saturated carbocycles. The zero-order valence-electron chi connectivity index (χ0n) is 9.06. The molecule has 0 aliphatic heterocycles. The molecule has 4 nitrogen and oxygen atoms in total. The van der Waals surface area contributed by atoms with Gasteiger partial charge in [0.05, 0.1) is 5.69 Å². The van der Waals surface area contributed by atoms with Gasteiger partial charge < -0.3 is 10.1 Å². The predicted molar refractivity (Wildman–Crippen MR) is 68.5 cm³/mol. The summed E-state index contributed by atoms with van der Waals surface area (Å²) >= 11 is 4.96. The van der Waals surface area contributed by atoms with Crippen LogP contribution in [0.4, 0.5) is 0 Å². The molecule has 1 heterocycles. The van der Waals surface area contributed by atoms with E-state index in [-0.39, 0.29) is 16.9 Å². The molecule has 0 atom stereocenters. The van der Waals surface area contributed by atoms with Crippen molar-refractivity contribution in [3.63, 3.8) is 0 Å².